The predicted molar refractivity (Wildman–Crippen MR) is 118 cm³/mol. The average Bonchev–Trinajstić information content (AvgIpc) is 3.27. The van der Waals surface area contributed by atoms with E-state index in [1.807, 2.05) is 4.90 Å². The van der Waals surface area contributed by atoms with Crippen molar-refractivity contribution < 1.29 is 9.59 Å². The van der Waals surface area contributed by atoms with Gasteiger partial charge in [-0.05, 0) is 43.2 Å². The normalized spacial score (nSPS) is 18.7. The van der Waals surface area contributed by atoms with Crippen LogP contribution in [0.2, 0.25) is 10.0 Å². The Bertz CT molecular complexity index is 1030. The molecule has 1 aromatic heterocycles. The molecule has 0 saturated carbocycles. The van der Waals surface area contributed by atoms with E-state index in [0.717, 1.165) is 12.2 Å². The summed E-state index contributed by atoms with van der Waals surface area (Å²) < 4.78 is 0. The molecule has 2 aliphatic rings. The Balaban J connectivity index is 1.42. The number of likely N-dealkylation sites (tertiary alicyclic amines) is 1. The van der Waals surface area contributed by atoms with E-state index in [1.54, 1.807) is 41.4 Å². The second-order valence-corrected chi connectivity index (χ2v) is 8.51. The Hall–Kier alpha value is -2.82. The first kappa shape index (κ1) is 21.4. The second-order valence-electron chi connectivity index (χ2n) is 7.64. The molecule has 9 heteroatoms. The fourth-order valence-electron chi connectivity index (χ4n) is 4.14. The minimum Gasteiger partial charge on any atom is -0.353 e. The van der Waals surface area contributed by atoms with Gasteiger partial charge in [0, 0.05) is 54.5 Å². The van der Waals surface area contributed by atoms with Crippen LogP contribution in [0, 0.1) is 11.3 Å². The summed E-state index contributed by atoms with van der Waals surface area (Å²) in [5, 5.41) is 9.87. The first-order chi connectivity index (χ1) is 15.0. The van der Waals surface area contributed by atoms with Crippen molar-refractivity contribution in [2.24, 2.45) is 0 Å². The molecule has 2 aliphatic heterocycles. The fourth-order valence-corrected chi connectivity index (χ4v) is 4.66. The number of nitrogens with zero attached hydrogens (tertiary/aromatic N) is 5. The summed E-state index contributed by atoms with van der Waals surface area (Å²) in [5.41, 5.74) is 0.954. The number of nitriles is 1. The third-order valence-electron chi connectivity index (χ3n) is 5.70. The molecule has 0 bridgehead atoms. The molecule has 0 spiro atoms. The summed E-state index contributed by atoms with van der Waals surface area (Å²) in [7, 11) is 0. The number of pyridine rings is 1. The molecular weight excluding hydrogens is 437 g/mol. The van der Waals surface area contributed by atoms with Crippen molar-refractivity contribution >= 4 is 40.8 Å². The van der Waals surface area contributed by atoms with Crippen LogP contribution in [0.4, 0.5) is 5.82 Å². The number of anilines is 1. The molecule has 0 aliphatic carbocycles. The van der Waals surface area contributed by atoms with Crippen LogP contribution in [0.1, 0.15) is 28.8 Å². The maximum Gasteiger partial charge on any atom is 0.254 e. The van der Waals surface area contributed by atoms with Gasteiger partial charge in [-0.2, -0.15) is 5.26 Å². The molecule has 4 rings (SSSR count). The van der Waals surface area contributed by atoms with Crippen LogP contribution in [0.3, 0.4) is 0 Å². The SMILES string of the molecule is N#Cc1ccnc(N2CCN(C(=O)C3CCCN3C(=O)c3cc(Cl)cc(Cl)c3)CC2)c1. The molecule has 0 N–H and O–H groups in total. The predicted octanol–water partition coefficient (Wildman–Crippen LogP) is 3.21. The summed E-state index contributed by atoms with van der Waals surface area (Å²) in [6, 6.07) is 9.81. The summed E-state index contributed by atoms with van der Waals surface area (Å²) >= 11 is 12.1. The Morgan fingerprint density at radius 1 is 1.03 bits per heavy atom. The minimum absolute atomic E-state index is 0.0302. The lowest BCUT2D eigenvalue weighted by Crippen LogP contribution is -2.54. The summed E-state index contributed by atoms with van der Waals surface area (Å²) in [4.78, 5) is 36.1. The topological polar surface area (TPSA) is 80.5 Å². The largest absolute Gasteiger partial charge is 0.353 e. The second kappa shape index (κ2) is 9.13. The monoisotopic (exact) mass is 457 g/mol. The van der Waals surface area contributed by atoms with Crippen molar-refractivity contribution in [3.05, 3.63) is 57.7 Å². The first-order valence-electron chi connectivity index (χ1n) is 10.1. The van der Waals surface area contributed by atoms with Crippen LogP contribution >= 0.6 is 23.2 Å². The van der Waals surface area contributed by atoms with Crippen molar-refractivity contribution in [1.29, 1.82) is 5.26 Å². The Morgan fingerprint density at radius 2 is 1.74 bits per heavy atom. The maximum absolute atomic E-state index is 13.2. The van der Waals surface area contributed by atoms with E-state index >= 15 is 0 Å². The highest BCUT2D eigenvalue weighted by molar-refractivity contribution is 6.35. The zero-order valence-corrected chi connectivity index (χ0v) is 18.3. The van der Waals surface area contributed by atoms with E-state index < -0.39 is 6.04 Å². The number of hydrogen-bond acceptors (Lipinski definition) is 5. The van der Waals surface area contributed by atoms with Crippen molar-refractivity contribution in [3.8, 4) is 6.07 Å². The lowest BCUT2D eigenvalue weighted by atomic mass is 10.1. The minimum atomic E-state index is -0.475. The molecule has 31 heavy (non-hydrogen) atoms. The molecular formula is C22H21Cl2N5O2. The highest BCUT2D eigenvalue weighted by atomic mass is 35.5. The Labute approximate surface area is 190 Å². The molecule has 3 heterocycles. The maximum atomic E-state index is 13.2. The van der Waals surface area contributed by atoms with Crippen LogP contribution in [-0.4, -0.2) is 65.4 Å². The fraction of sp³-hybridized carbons (Fsp3) is 0.364. The summed E-state index contributed by atoms with van der Waals surface area (Å²) in [5.74, 6) is 0.482. The average molecular weight is 458 g/mol. The van der Waals surface area contributed by atoms with Crippen molar-refractivity contribution in [1.82, 2.24) is 14.8 Å². The van der Waals surface area contributed by atoms with E-state index in [4.69, 9.17) is 28.5 Å². The van der Waals surface area contributed by atoms with Crippen LogP contribution in [0.15, 0.2) is 36.5 Å². The molecule has 2 fully saturated rings. The van der Waals surface area contributed by atoms with E-state index in [0.29, 0.717) is 60.3 Å². The van der Waals surface area contributed by atoms with Gasteiger partial charge < -0.3 is 14.7 Å². The highest BCUT2D eigenvalue weighted by Gasteiger charge is 2.38. The van der Waals surface area contributed by atoms with Gasteiger partial charge in [0.2, 0.25) is 5.91 Å². The molecule has 0 radical (unpaired) electrons. The molecule has 1 unspecified atom stereocenters. The van der Waals surface area contributed by atoms with Gasteiger partial charge >= 0.3 is 0 Å². The van der Waals surface area contributed by atoms with Crippen molar-refractivity contribution in [2.75, 3.05) is 37.6 Å². The van der Waals surface area contributed by atoms with Gasteiger partial charge in [0.1, 0.15) is 11.9 Å². The van der Waals surface area contributed by atoms with Crippen LogP contribution in [-0.2, 0) is 4.79 Å². The van der Waals surface area contributed by atoms with Gasteiger partial charge in [-0.15, -0.1) is 0 Å². The molecule has 2 amide bonds. The molecule has 160 valence electrons. The lowest BCUT2D eigenvalue weighted by molar-refractivity contribution is -0.135. The number of benzene rings is 1. The standard InChI is InChI=1S/C22H21Cl2N5O2/c23-17-11-16(12-18(24)13-17)21(30)29-5-1-2-19(29)22(31)28-8-6-27(7-9-28)20-10-15(14-25)3-4-26-20/h3-4,10-13,19H,1-2,5-9H2. The van der Waals surface area contributed by atoms with Gasteiger partial charge in [0.05, 0.1) is 11.6 Å². The summed E-state index contributed by atoms with van der Waals surface area (Å²) in [6.45, 7) is 2.86. The number of piperazine rings is 1. The van der Waals surface area contributed by atoms with Crippen LogP contribution in [0.25, 0.3) is 0 Å². The van der Waals surface area contributed by atoms with E-state index in [-0.39, 0.29) is 11.8 Å². The van der Waals surface area contributed by atoms with Gasteiger partial charge in [-0.1, -0.05) is 23.2 Å². The zero-order valence-electron chi connectivity index (χ0n) is 16.8. The smallest absolute Gasteiger partial charge is 0.254 e. The molecule has 2 saturated heterocycles. The van der Waals surface area contributed by atoms with Crippen LogP contribution < -0.4 is 4.90 Å². The number of aromatic nitrogens is 1. The number of hydrogen-bond donors (Lipinski definition) is 0. The van der Waals surface area contributed by atoms with Crippen molar-refractivity contribution in [3.63, 3.8) is 0 Å². The third kappa shape index (κ3) is 4.60. The van der Waals surface area contributed by atoms with Gasteiger partial charge in [-0.25, -0.2) is 4.98 Å². The molecule has 7 nitrogen and oxygen atoms in total. The van der Waals surface area contributed by atoms with E-state index in [1.165, 1.54) is 0 Å². The number of amides is 2. The summed E-state index contributed by atoms with van der Waals surface area (Å²) in [6.07, 6.45) is 3.04. The molecule has 1 atom stereocenters. The van der Waals surface area contributed by atoms with E-state index in [2.05, 4.69) is 16.0 Å². The van der Waals surface area contributed by atoms with Crippen molar-refractivity contribution in [2.45, 2.75) is 18.9 Å². The van der Waals surface area contributed by atoms with E-state index in [9.17, 15) is 9.59 Å². The quantitative estimate of drug-likeness (QED) is 0.706. The third-order valence-corrected chi connectivity index (χ3v) is 6.13. The number of carbonyl (C=O) groups is 2. The zero-order chi connectivity index (χ0) is 22.0. The van der Waals surface area contributed by atoms with Gasteiger partial charge in [0.15, 0.2) is 0 Å². The highest BCUT2D eigenvalue weighted by Crippen LogP contribution is 2.26. The van der Waals surface area contributed by atoms with Gasteiger partial charge in [0.25, 0.3) is 5.91 Å². The Kier molecular flexibility index (Phi) is 6.30. The number of carbonyl (C=O) groups excluding carboxylic acids is 2. The number of rotatable bonds is 3. The van der Waals surface area contributed by atoms with Gasteiger partial charge in [-0.3, -0.25) is 9.59 Å². The Morgan fingerprint density at radius 3 is 2.42 bits per heavy atom. The van der Waals surface area contributed by atoms with Crippen LogP contribution in [0.5, 0.6) is 0 Å². The first-order valence-corrected chi connectivity index (χ1v) is 10.9. The molecule has 2 aromatic rings. The lowest BCUT2D eigenvalue weighted by Gasteiger charge is -2.37. The molecule has 1 aromatic carbocycles. The number of halogens is 2.